The van der Waals surface area contributed by atoms with Gasteiger partial charge in [-0.05, 0) is 92.9 Å². The van der Waals surface area contributed by atoms with E-state index in [9.17, 15) is 17.6 Å². The molecule has 0 saturated heterocycles. The number of halogens is 1. The predicted molar refractivity (Wildman–Crippen MR) is 99.8 cm³/mol. The number of amides is 1. The minimum atomic E-state index is -3.83. The first-order valence-electron chi connectivity index (χ1n) is 9.80. The summed E-state index contributed by atoms with van der Waals surface area (Å²) in [6.45, 7) is 1.76. The third kappa shape index (κ3) is 3.76. The molecule has 0 aromatic heterocycles. The summed E-state index contributed by atoms with van der Waals surface area (Å²) in [5, 5.41) is 3.04. The molecule has 1 atom stereocenters. The third-order valence-corrected chi connectivity index (χ3v) is 8.35. The summed E-state index contributed by atoms with van der Waals surface area (Å²) in [6, 6.07) is 4.60. The lowest BCUT2D eigenvalue weighted by atomic mass is 9.48. The maximum absolute atomic E-state index is 13.0. The van der Waals surface area contributed by atoms with Crippen LogP contribution < -0.4 is 10.0 Å². The molecule has 1 aromatic carbocycles. The van der Waals surface area contributed by atoms with Gasteiger partial charge in [0.1, 0.15) is 5.82 Å². The van der Waals surface area contributed by atoms with Gasteiger partial charge in [-0.15, -0.1) is 0 Å². The van der Waals surface area contributed by atoms with E-state index in [0.717, 1.165) is 29.9 Å². The molecule has 5 nitrogen and oxygen atoms in total. The van der Waals surface area contributed by atoms with Crippen LogP contribution in [-0.4, -0.2) is 26.9 Å². The molecule has 0 aliphatic heterocycles. The van der Waals surface area contributed by atoms with Crippen molar-refractivity contribution in [2.45, 2.75) is 56.4 Å². The summed E-state index contributed by atoms with van der Waals surface area (Å²) in [6.07, 6.45) is 7.58. The van der Waals surface area contributed by atoms with Crippen molar-refractivity contribution in [3.63, 3.8) is 0 Å². The molecule has 4 bridgehead atoms. The van der Waals surface area contributed by atoms with Gasteiger partial charge < -0.3 is 5.32 Å². The number of hydrogen-bond acceptors (Lipinski definition) is 3. The van der Waals surface area contributed by atoms with Crippen LogP contribution in [0.25, 0.3) is 0 Å². The standard InChI is InChI=1S/C20H27FN2O3S/c1-13(20-9-14-6-15(10-20)8-16(7-14)11-20)23-19(24)12-22-27(25,26)18-4-2-17(21)3-5-18/h2-5,13-16,22H,6-12H2,1H3,(H,23,24)/t13-,14?,15?,16?,20?/m1/s1. The second-order valence-corrected chi connectivity index (χ2v) is 10.6. The summed E-state index contributed by atoms with van der Waals surface area (Å²) in [7, 11) is -3.83. The van der Waals surface area contributed by atoms with Crippen LogP contribution in [0.15, 0.2) is 29.2 Å². The van der Waals surface area contributed by atoms with Crippen LogP contribution in [0.3, 0.4) is 0 Å². The Morgan fingerprint density at radius 1 is 1.11 bits per heavy atom. The van der Waals surface area contributed by atoms with Crippen LogP contribution in [0.5, 0.6) is 0 Å². The van der Waals surface area contributed by atoms with Crippen LogP contribution in [-0.2, 0) is 14.8 Å². The van der Waals surface area contributed by atoms with E-state index in [4.69, 9.17) is 0 Å². The smallest absolute Gasteiger partial charge is 0.241 e. The third-order valence-electron chi connectivity index (χ3n) is 6.93. The minimum Gasteiger partial charge on any atom is -0.352 e. The molecule has 2 N–H and O–H groups in total. The fourth-order valence-corrected chi connectivity index (χ4v) is 6.99. The Kier molecular flexibility index (Phi) is 4.79. The SMILES string of the molecule is C[C@@H](NC(=O)CNS(=O)(=O)c1ccc(F)cc1)C12CC3CC(CC(C3)C1)C2. The second kappa shape index (κ2) is 6.85. The van der Waals surface area contributed by atoms with E-state index in [0.29, 0.717) is 0 Å². The van der Waals surface area contributed by atoms with Gasteiger partial charge in [0.15, 0.2) is 0 Å². The number of hydrogen-bond donors (Lipinski definition) is 2. The topological polar surface area (TPSA) is 75.3 Å². The minimum absolute atomic E-state index is 0.0497. The molecule has 4 saturated carbocycles. The molecule has 4 fully saturated rings. The number of carbonyl (C=O) groups is 1. The van der Waals surface area contributed by atoms with Crippen LogP contribution in [0.4, 0.5) is 4.39 Å². The van der Waals surface area contributed by atoms with Gasteiger partial charge in [-0.25, -0.2) is 17.5 Å². The molecule has 5 rings (SSSR count). The number of benzene rings is 1. The quantitative estimate of drug-likeness (QED) is 0.779. The van der Waals surface area contributed by atoms with Gasteiger partial charge in [-0.1, -0.05) is 0 Å². The van der Waals surface area contributed by atoms with Crippen LogP contribution in [0.2, 0.25) is 0 Å². The van der Waals surface area contributed by atoms with Crippen molar-refractivity contribution in [3.05, 3.63) is 30.1 Å². The fourth-order valence-electron chi connectivity index (χ4n) is 6.01. The van der Waals surface area contributed by atoms with E-state index in [1.807, 2.05) is 0 Å². The lowest BCUT2D eigenvalue weighted by Crippen LogP contribution is -2.56. The highest BCUT2D eigenvalue weighted by atomic mass is 32.2. The van der Waals surface area contributed by atoms with Crippen molar-refractivity contribution in [1.29, 1.82) is 0 Å². The van der Waals surface area contributed by atoms with E-state index in [1.54, 1.807) is 0 Å². The highest BCUT2D eigenvalue weighted by molar-refractivity contribution is 7.89. The molecule has 0 spiro atoms. The van der Waals surface area contributed by atoms with E-state index in [-0.39, 0.29) is 28.8 Å². The molecule has 7 heteroatoms. The molecule has 1 amide bonds. The van der Waals surface area contributed by atoms with Gasteiger partial charge in [0.25, 0.3) is 0 Å². The zero-order valence-electron chi connectivity index (χ0n) is 15.6. The Morgan fingerprint density at radius 3 is 2.15 bits per heavy atom. The number of carbonyl (C=O) groups excluding carboxylic acids is 1. The first-order valence-corrected chi connectivity index (χ1v) is 11.3. The Morgan fingerprint density at radius 2 is 1.63 bits per heavy atom. The monoisotopic (exact) mass is 394 g/mol. The highest BCUT2D eigenvalue weighted by Gasteiger charge is 2.53. The largest absolute Gasteiger partial charge is 0.352 e. The van der Waals surface area contributed by atoms with E-state index in [1.165, 1.54) is 50.7 Å². The average Bonchev–Trinajstić information content (AvgIpc) is 2.59. The first kappa shape index (κ1) is 18.9. The Labute approximate surface area is 160 Å². The number of rotatable bonds is 6. The van der Waals surface area contributed by atoms with E-state index < -0.39 is 15.8 Å². The van der Waals surface area contributed by atoms with Crippen molar-refractivity contribution >= 4 is 15.9 Å². The number of sulfonamides is 1. The molecule has 0 heterocycles. The Bertz CT molecular complexity index is 787. The summed E-state index contributed by atoms with van der Waals surface area (Å²) in [5.41, 5.74) is 0.181. The lowest BCUT2D eigenvalue weighted by Gasteiger charge is -2.59. The normalized spacial score (nSPS) is 33.0. The van der Waals surface area contributed by atoms with Gasteiger partial charge in [-0.3, -0.25) is 4.79 Å². The molecular weight excluding hydrogens is 367 g/mol. The van der Waals surface area contributed by atoms with Crippen LogP contribution in [0, 0.1) is 29.0 Å². The molecule has 0 unspecified atom stereocenters. The fraction of sp³-hybridized carbons (Fsp3) is 0.650. The molecule has 0 radical (unpaired) electrons. The summed E-state index contributed by atoms with van der Waals surface area (Å²) >= 11 is 0. The molecule has 4 aliphatic carbocycles. The molecule has 148 valence electrons. The summed E-state index contributed by atoms with van der Waals surface area (Å²) < 4.78 is 39.8. The Hall–Kier alpha value is -1.47. The first-order chi connectivity index (χ1) is 12.8. The molecule has 27 heavy (non-hydrogen) atoms. The number of nitrogens with one attached hydrogen (secondary N) is 2. The van der Waals surface area contributed by atoms with Crippen molar-refractivity contribution in [1.82, 2.24) is 10.0 Å². The van der Waals surface area contributed by atoms with Crippen molar-refractivity contribution in [2.24, 2.45) is 23.2 Å². The van der Waals surface area contributed by atoms with Crippen molar-refractivity contribution in [2.75, 3.05) is 6.54 Å². The lowest BCUT2D eigenvalue weighted by molar-refractivity contribution is -0.124. The maximum atomic E-state index is 13.0. The van der Waals surface area contributed by atoms with E-state index >= 15 is 0 Å². The van der Waals surface area contributed by atoms with Gasteiger partial charge in [-0.2, -0.15) is 0 Å². The average molecular weight is 395 g/mol. The van der Waals surface area contributed by atoms with Gasteiger partial charge >= 0.3 is 0 Å². The zero-order chi connectivity index (χ0) is 19.2. The summed E-state index contributed by atoms with van der Waals surface area (Å²) in [4.78, 5) is 12.3. The van der Waals surface area contributed by atoms with Crippen LogP contribution >= 0.6 is 0 Å². The molecule has 1 aromatic rings. The van der Waals surface area contributed by atoms with Gasteiger partial charge in [0, 0.05) is 6.04 Å². The van der Waals surface area contributed by atoms with Crippen LogP contribution in [0.1, 0.15) is 45.4 Å². The second-order valence-electron chi connectivity index (χ2n) is 8.85. The zero-order valence-corrected chi connectivity index (χ0v) is 16.4. The van der Waals surface area contributed by atoms with Gasteiger partial charge in [0.2, 0.25) is 15.9 Å². The molecule has 4 aliphatic rings. The van der Waals surface area contributed by atoms with Crippen molar-refractivity contribution in [3.8, 4) is 0 Å². The molecular formula is C20H27FN2O3S. The van der Waals surface area contributed by atoms with Gasteiger partial charge in [0.05, 0.1) is 11.4 Å². The predicted octanol–water partition coefficient (Wildman–Crippen LogP) is 2.83. The summed E-state index contributed by atoms with van der Waals surface area (Å²) in [5.74, 6) is 1.58. The Balaban J connectivity index is 1.35. The van der Waals surface area contributed by atoms with Crippen molar-refractivity contribution < 1.29 is 17.6 Å². The maximum Gasteiger partial charge on any atom is 0.241 e. The highest BCUT2D eigenvalue weighted by Crippen LogP contribution is 2.61. The van der Waals surface area contributed by atoms with E-state index in [2.05, 4.69) is 17.0 Å².